The summed E-state index contributed by atoms with van der Waals surface area (Å²) in [5.74, 6) is -0.456. The molecule has 1 saturated heterocycles. The minimum atomic E-state index is -0.415. The van der Waals surface area contributed by atoms with Crippen LogP contribution in [-0.4, -0.2) is 35.9 Å². The van der Waals surface area contributed by atoms with Crippen LogP contribution in [0.5, 0.6) is 5.75 Å². The molecule has 2 aromatic carbocycles. The number of rotatable bonds is 5. The molecule has 0 bridgehead atoms. The van der Waals surface area contributed by atoms with Gasteiger partial charge in [0.05, 0.1) is 17.4 Å². The third-order valence-electron chi connectivity index (χ3n) is 5.08. The molecule has 2 aliphatic rings. The zero-order chi connectivity index (χ0) is 20.5. The summed E-state index contributed by atoms with van der Waals surface area (Å²) in [6, 6.07) is 12.6. The topological polar surface area (TPSA) is 49.9 Å². The fourth-order valence-electron chi connectivity index (χ4n) is 3.81. The van der Waals surface area contributed by atoms with Crippen LogP contribution in [-0.2, 0) is 9.59 Å². The second-order valence-electron chi connectivity index (χ2n) is 7.53. The smallest absolute Gasteiger partial charge is 0.282 e. The second kappa shape index (κ2) is 7.70. The molecular formula is C23H23FN2O3. The maximum atomic E-state index is 13.3. The lowest BCUT2D eigenvalue weighted by molar-refractivity contribution is -0.120. The van der Waals surface area contributed by atoms with E-state index in [0.717, 1.165) is 30.8 Å². The third-order valence-corrected chi connectivity index (χ3v) is 5.08. The third kappa shape index (κ3) is 3.62. The Morgan fingerprint density at radius 1 is 0.897 bits per heavy atom. The van der Waals surface area contributed by atoms with E-state index in [1.807, 2.05) is 43.0 Å². The van der Waals surface area contributed by atoms with Gasteiger partial charge in [-0.15, -0.1) is 0 Å². The molecule has 1 fully saturated rings. The van der Waals surface area contributed by atoms with Gasteiger partial charge in [-0.25, -0.2) is 9.29 Å². The molecule has 0 unspecified atom stereocenters. The van der Waals surface area contributed by atoms with Gasteiger partial charge in [-0.1, -0.05) is 12.1 Å². The maximum Gasteiger partial charge on any atom is 0.282 e. The van der Waals surface area contributed by atoms with Crippen LogP contribution in [0, 0.1) is 5.82 Å². The minimum absolute atomic E-state index is 0.0453. The predicted molar refractivity (Wildman–Crippen MR) is 109 cm³/mol. The van der Waals surface area contributed by atoms with Crippen molar-refractivity contribution in [1.82, 2.24) is 4.90 Å². The van der Waals surface area contributed by atoms with Gasteiger partial charge in [0.2, 0.25) is 0 Å². The summed E-state index contributed by atoms with van der Waals surface area (Å²) in [5, 5.41) is 0. The molecule has 6 heteroatoms. The molecule has 2 heterocycles. The Morgan fingerprint density at radius 3 is 2.10 bits per heavy atom. The summed E-state index contributed by atoms with van der Waals surface area (Å²) < 4.78 is 19.0. The van der Waals surface area contributed by atoms with Gasteiger partial charge in [-0.2, -0.15) is 0 Å². The van der Waals surface area contributed by atoms with E-state index in [-0.39, 0.29) is 17.9 Å². The van der Waals surface area contributed by atoms with Crippen LogP contribution < -0.4 is 9.64 Å². The van der Waals surface area contributed by atoms with Crippen molar-refractivity contribution in [1.29, 1.82) is 0 Å². The molecule has 0 N–H and O–H groups in total. The fraction of sp³-hybridized carbons (Fsp3) is 0.304. The van der Waals surface area contributed by atoms with E-state index in [2.05, 4.69) is 0 Å². The lowest BCUT2D eigenvalue weighted by Crippen LogP contribution is -2.34. The largest absolute Gasteiger partial charge is 0.491 e. The number of imide groups is 1. The second-order valence-corrected chi connectivity index (χ2v) is 7.53. The Bertz CT molecular complexity index is 959. The molecule has 2 aliphatic heterocycles. The van der Waals surface area contributed by atoms with Crippen molar-refractivity contribution in [3.63, 3.8) is 0 Å². The Labute approximate surface area is 169 Å². The van der Waals surface area contributed by atoms with Gasteiger partial charge in [-0.3, -0.25) is 9.59 Å². The average Bonchev–Trinajstić information content (AvgIpc) is 3.29. The van der Waals surface area contributed by atoms with Crippen LogP contribution in [0.4, 0.5) is 10.1 Å². The van der Waals surface area contributed by atoms with Crippen molar-refractivity contribution in [3.8, 4) is 5.75 Å². The van der Waals surface area contributed by atoms with Crippen molar-refractivity contribution in [3.05, 3.63) is 65.6 Å². The summed E-state index contributed by atoms with van der Waals surface area (Å²) in [6.07, 6.45) is 2.01. The molecule has 0 atom stereocenters. The van der Waals surface area contributed by atoms with Crippen LogP contribution in [0.3, 0.4) is 0 Å². The van der Waals surface area contributed by atoms with E-state index in [4.69, 9.17) is 4.74 Å². The molecular weight excluding hydrogens is 371 g/mol. The van der Waals surface area contributed by atoms with Gasteiger partial charge in [0.1, 0.15) is 17.3 Å². The molecule has 150 valence electrons. The molecule has 0 aliphatic carbocycles. The Kier molecular flexibility index (Phi) is 5.09. The SMILES string of the molecule is CC(C)Oc1ccc(C2=C(N3CCCC3)C(=O)N(c3ccc(F)cc3)C2=O)cc1. The molecule has 29 heavy (non-hydrogen) atoms. The number of benzene rings is 2. The Balaban J connectivity index is 1.75. The molecule has 2 aromatic rings. The molecule has 0 spiro atoms. The van der Waals surface area contributed by atoms with Crippen molar-refractivity contribution in [2.24, 2.45) is 0 Å². The van der Waals surface area contributed by atoms with Crippen LogP contribution >= 0.6 is 0 Å². The number of ether oxygens (including phenoxy) is 1. The Morgan fingerprint density at radius 2 is 1.52 bits per heavy atom. The lowest BCUT2D eigenvalue weighted by Gasteiger charge is -2.20. The molecule has 4 rings (SSSR count). The summed E-state index contributed by atoms with van der Waals surface area (Å²) in [5.41, 5.74) is 1.85. The Hall–Kier alpha value is -3.15. The molecule has 2 amide bonds. The monoisotopic (exact) mass is 394 g/mol. The van der Waals surface area contributed by atoms with E-state index in [0.29, 0.717) is 28.3 Å². The number of amides is 2. The molecule has 0 aromatic heterocycles. The lowest BCUT2D eigenvalue weighted by atomic mass is 10.0. The van der Waals surface area contributed by atoms with Crippen molar-refractivity contribution >= 4 is 23.1 Å². The number of hydrogen-bond donors (Lipinski definition) is 0. The van der Waals surface area contributed by atoms with Gasteiger partial charge in [-0.05, 0) is 68.7 Å². The molecule has 0 radical (unpaired) electrons. The van der Waals surface area contributed by atoms with Crippen molar-refractivity contribution < 1.29 is 18.7 Å². The first kappa shape index (κ1) is 19.2. The average molecular weight is 394 g/mol. The van der Waals surface area contributed by atoms with E-state index in [1.54, 1.807) is 0 Å². The van der Waals surface area contributed by atoms with Crippen molar-refractivity contribution in [2.45, 2.75) is 32.8 Å². The fourth-order valence-corrected chi connectivity index (χ4v) is 3.81. The minimum Gasteiger partial charge on any atom is -0.491 e. The zero-order valence-electron chi connectivity index (χ0n) is 16.5. The van der Waals surface area contributed by atoms with E-state index in [1.165, 1.54) is 24.3 Å². The predicted octanol–water partition coefficient (Wildman–Crippen LogP) is 3.99. The van der Waals surface area contributed by atoms with Gasteiger partial charge in [0.25, 0.3) is 11.8 Å². The normalized spacial score (nSPS) is 17.1. The summed E-state index contributed by atoms with van der Waals surface area (Å²) >= 11 is 0. The van der Waals surface area contributed by atoms with Gasteiger partial charge in [0.15, 0.2) is 0 Å². The first-order valence-corrected chi connectivity index (χ1v) is 9.86. The van der Waals surface area contributed by atoms with Gasteiger partial charge in [0, 0.05) is 13.1 Å². The van der Waals surface area contributed by atoms with E-state index >= 15 is 0 Å². The van der Waals surface area contributed by atoms with Crippen LogP contribution in [0.25, 0.3) is 5.57 Å². The number of likely N-dealkylation sites (tertiary alicyclic amines) is 1. The quantitative estimate of drug-likeness (QED) is 0.720. The van der Waals surface area contributed by atoms with Crippen molar-refractivity contribution in [2.75, 3.05) is 18.0 Å². The highest BCUT2D eigenvalue weighted by Gasteiger charge is 2.42. The number of carbonyl (C=O) groups is 2. The zero-order valence-corrected chi connectivity index (χ0v) is 16.5. The summed E-state index contributed by atoms with van der Waals surface area (Å²) in [7, 11) is 0. The summed E-state index contributed by atoms with van der Waals surface area (Å²) in [6.45, 7) is 5.37. The number of nitrogens with zero attached hydrogens (tertiary/aromatic N) is 2. The highest BCUT2D eigenvalue weighted by molar-refractivity contribution is 6.45. The highest BCUT2D eigenvalue weighted by Crippen LogP contribution is 2.36. The number of hydrogen-bond acceptors (Lipinski definition) is 4. The number of carbonyl (C=O) groups excluding carboxylic acids is 2. The van der Waals surface area contributed by atoms with E-state index < -0.39 is 5.82 Å². The van der Waals surface area contributed by atoms with Crippen LogP contribution in [0.1, 0.15) is 32.3 Å². The number of halogens is 1. The highest BCUT2D eigenvalue weighted by atomic mass is 19.1. The van der Waals surface area contributed by atoms with Gasteiger partial charge >= 0.3 is 0 Å². The number of anilines is 1. The first-order valence-electron chi connectivity index (χ1n) is 9.86. The summed E-state index contributed by atoms with van der Waals surface area (Å²) in [4.78, 5) is 29.7. The maximum absolute atomic E-state index is 13.3. The van der Waals surface area contributed by atoms with E-state index in [9.17, 15) is 14.0 Å². The van der Waals surface area contributed by atoms with Crippen LogP contribution in [0.2, 0.25) is 0 Å². The van der Waals surface area contributed by atoms with Crippen LogP contribution in [0.15, 0.2) is 54.2 Å². The van der Waals surface area contributed by atoms with Gasteiger partial charge < -0.3 is 9.64 Å². The first-order chi connectivity index (χ1) is 14.0. The standard InChI is InChI=1S/C23H23FN2O3/c1-15(2)29-19-11-5-16(6-12-19)20-21(25-13-3-4-14-25)23(28)26(22(20)27)18-9-7-17(24)8-10-18/h5-12,15H,3-4,13-14H2,1-2H3. The molecule has 5 nitrogen and oxygen atoms in total. The molecule has 0 saturated carbocycles.